The third-order valence-corrected chi connectivity index (χ3v) is 5.26. The van der Waals surface area contributed by atoms with E-state index in [0.29, 0.717) is 5.88 Å². The molecule has 2 aliphatic rings. The van der Waals surface area contributed by atoms with Crippen LogP contribution in [-0.4, -0.2) is 12.6 Å². The third kappa shape index (κ3) is 2.73. The second-order valence-electron chi connectivity index (χ2n) is 5.85. The van der Waals surface area contributed by atoms with Crippen molar-refractivity contribution in [2.75, 3.05) is 11.4 Å². The molecule has 0 aromatic heterocycles. The summed E-state index contributed by atoms with van der Waals surface area (Å²) in [6.07, 6.45) is 8.26. The van der Waals surface area contributed by atoms with Crippen LogP contribution in [0.5, 0.6) is 0 Å². The Bertz CT molecular complexity index is 444. The molecule has 1 aliphatic heterocycles. The summed E-state index contributed by atoms with van der Waals surface area (Å²) >= 11 is 12.2. The van der Waals surface area contributed by atoms with Crippen LogP contribution < -0.4 is 4.90 Å². The van der Waals surface area contributed by atoms with Gasteiger partial charge in [-0.2, -0.15) is 0 Å². The summed E-state index contributed by atoms with van der Waals surface area (Å²) in [5.41, 5.74) is 2.50. The lowest BCUT2D eigenvalue weighted by molar-refractivity contribution is 0.243. The van der Waals surface area contributed by atoms with Crippen LogP contribution in [0, 0.1) is 5.92 Å². The first kappa shape index (κ1) is 13.6. The lowest BCUT2D eigenvalue weighted by Crippen LogP contribution is -2.47. The van der Waals surface area contributed by atoms with Crippen molar-refractivity contribution in [2.24, 2.45) is 5.92 Å². The molecule has 0 bridgehead atoms. The summed E-state index contributed by atoms with van der Waals surface area (Å²) in [5, 5.41) is 0.789. The highest BCUT2D eigenvalue weighted by Crippen LogP contribution is 2.39. The average Bonchev–Trinajstić information content (AvgIpc) is 2.46. The SMILES string of the molecule is ClCc1cc(Cl)ccc1N1CCC[C@H]2CCCC[C@H]21. The van der Waals surface area contributed by atoms with Gasteiger partial charge >= 0.3 is 0 Å². The quantitative estimate of drug-likeness (QED) is 0.675. The van der Waals surface area contributed by atoms with Crippen molar-refractivity contribution in [3.8, 4) is 0 Å². The smallest absolute Gasteiger partial charge is 0.0495 e. The maximum atomic E-state index is 6.11. The standard InChI is InChI=1S/C16H21Cl2N/c17-11-13-10-14(18)7-8-16(13)19-9-3-5-12-4-1-2-6-15(12)19/h7-8,10,12,15H,1-6,9,11H2/t12-,15-/m1/s1. The molecule has 1 nitrogen and oxygen atoms in total. The summed E-state index contributed by atoms with van der Waals surface area (Å²) in [7, 11) is 0. The number of alkyl halides is 1. The number of anilines is 1. The molecule has 1 aromatic carbocycles. The molecule has 1 aliphatic carbocycles. The van der Waals surface area contributed by atoms with E-state index in [2.05, 4.69) is 11.0 Å². The van der Waals surface area contributed by atoms with E-state index >= 15 is 0 Å². The zero-order chi connectivity index (χ0) is 13.2. The van der Waals surface area contributed by atoms with E-state index in [-0.39, 0.29) is 0 Å². The molecule has 1 heterocycles. The Hall–Kier alpha value is -0.400. The second-order valence-corrected chi connectivity index (χ2v) is 6.56. The van der Waals surface area contributed by atoms with E-state index in [9.17, 15) is 0 Å². The number of rotatable bonds is 2. The van der Waals surface area contributed by atoms with Crippen LogP contribution in [0.3, 0.4) is 0 Å². The van der Waals surface area contributed by atoms with Crippen LogP contribution in [0.1, 0.15) is 44.1 Å². The van der Waals surface area contributed by atoms with E-state index < -0.39 is 0 Å². The predicted octanol–water partition coefficient (Wildman–Crippen LogP) is 5.24. The van der Waals surface area contributed by atoms with Crippen molar-refractivity contribution < 1.29 is 0 Å². The van der Waals surface area contributed by atoms with Crippen LogP contribution >= 0.6 is 23.2 Å². The first-order valence-electron chi connectivity index (χ1n) is 7.40. The highest BCUT2D eigenvalue weighted by atomic mass is 35.5. The molecule has 0 N–H and O–H groups in total. The fraction of sp³-hybridized carbons (Fsp3) is 0.625. The van der Waals surface area contributed by atoms with Crippen molar-refractivity contribution >= 4 is 28.9 Å². The fourth-order valence-corrected chi connectivity index (χ4v) is 4.27. The Morgan fingerprint density at radius 2 is 1.89 bits per heavy atom. The molecule has 0 amide bonds. The zero-order valence-corrected chi connectivity index (χ0v) is 12.8. The number of hydrogen-bond acceptors (Lipinski definition) is 1. The van der Waals surface area contributed by atoms with Gasteiger partial charge in [-0.15, -0.1) is 11.6 Å². The molecular formula is C16H21Cl2N. The molecule has 3 heteroatoms. The molecular weight excluding hydrogens is 277 g/mol. The molecule has 1 aromatic rings. The van der Waals surface area contributed by atoms with Crippen LogP contribution in [0.2, 0.25) is 5.02 Å². The Morgan fingerprint density at radius 3 is 2.74 bits per heavy atom. The normalized spacial score (nSPS) is 27.2. The van der Waals surface area contributed by atoms with E-state index in [1.807, 2.05) is 12.1 Å². The van der Waals surface area contributed by atoms with Gasteiger partial charge in [0, 0.05) is 29.2 Å². The monoisotopic (exact) mass is 297 g/mol. The second kappa shape index (κ2) is 5.93. The van der Waals surface area contributed by atoms with E-state index in [1.54, 1.807) is 0 Å². The van der Waals surface area contributed by atoms with Crippen LogP contribution in [0.25, 0.3) is 0 Å². The summed E-state index contributed by atoms with van der Waals surface area (Å²) in [4.78, 5) is 2.61. The van der Waals surface area contributed by atoms with Crippen molar-refractivity contribution in [1.82, 2.24) is 0 Å². The van der Waals surface area contributed by atoms with Gasteiger partial charge in [-0.3, -0.25) is 0 Å². The molecule has 2 atom stereocenters. The molecule has 0 radical (unpaired) electrons. The number of fused-ring (bicyclic) bond motifs is 1. The lowest BCUT2D eigenvalue weighted by atomic mass is 9.78. The van der Waals surface area contributed by atoms with E-state index in [4.69, 9.17) is 23.2 Å². The number of benzene rings is 1. The maximum Gasteiger partial charge on any atom is 0.0495 e. The first-order chi connectivity index (χ1) is 9.29. The van der Waals surface area contributed by atoms with Crippen LogP contribution in [-0.2, 0) is 5.88 Å². The van der Waals surface area contributed by atoms with Crippen molar-refractivity contribution in [1.29, 1.82) is 0 Å². The van der Waals surface area contributed by atoms with Crippen molar-refractivity contribution in [3.05, 3.63) is 28.8 Å². The molecule has 1 saturated carbocycles. The number of halogens is 2. The minimum absolute atomic E-state index is 0.545. The largest absolute Gasteiger partial charge is 0.368 e. The van der Waals surface area contributed by atoms with Gasteiger partial charge in [0.25, 0.3) is 0 Å². The Morgan fingerprint density at radius 1 is 1.11 bits per heavy atom. The van der Waals surface area contributed by atoms with Gasteiger partial charge in [0.1, 0.15) is 0 Å². The summed E-state index contributed by atoms with van der Waals surface area (Å²) in [6.45, 7) is 1.17. The van der Waals surface area contributed by atoms with Gasteiger partial charge in [-0.25, -0.2) is 0 Å². The van der Waals surface area contributed by atoms with Gasteiger partial charge in [0.15, 0.2) is 0 Å². The minimum Gasteiger partial charge on any atom is -0.368 e. The van der Waals surface area contributed by atoms with Gasteiger partial charge in [-0.1, -0.05) is 24.4 Å². The van der Waals surface area contributed by atoms with Crippen molar-refractivity contribution in [2.45, 2.75) is 50.4 Å². The summed E-state index contributed by atoms with van der Waals surface area (Å²) < 4.78 is 0. The van der Waals surface area contributed by atoms with Crippen molar-refractivity contribution in [3.63, 3.8) is 0 Å². The minimum atomic E-state index is 0.545. The number of hydrogen-bond donors (Lipinski definition) is 0. The summed E-state index contributed by atoms with van der Waals surface area (Å²) in [5.74, 6) is 1.44. The predicted molar refractivity (Wildman–Crippen MR) is 83.3 cm³/mol. The molecule has 1 saturated heterocycles. The fourth-order valence-electron chi connectivity index (χ4n) is 3.87. The first-order valence-corrected chi connectivity index (χ1v) is 8.32. The van der Waals surface area contributed by atoms with Gasteiger partial charge in [0.2, 0.25) is 0 Å². The van der Waals surface area contributed by atoms with Crippen LogP contribution in [0.15, 0.2) is 18.2 Å². The van der Waals surface area contributed by atoms with Crippen LogP contribution in [0.4, 0.5) is 5.69 Å². The topological polar surface area (TPSA) is 3.24 Å². The molecule has 0 unspecified atom stereocenters. The molecule has 3 rings (SSSR count). The number of piperidine rings is 1. The van der Waals surface area contributed by atoms with E-state index in [1.165, 1.54) is 56.3 Å². The lowest BCUT2D eigenvalue weighted by Gasteiger charge is -2.46. The molecule has 104 valence electrons. The maximum absolute atomic E-state index is 6.11. The number of nitrogens with zero attached hydrogens (tertiary/aromatic N) is 1. The van der Waals surface area contributed by atoms with Gasteiger partial charge in [-0.05, 0) is 55.4 Å². The highest BCUT2D eigenvalue weighted by molar-refractivity contribution is 6.30. The third-order valence-electron chi connectivity index (χ3n) is 4.74. The highest BCUT2D eigenvalue weighted by Gasteiger charge is 2.33. The van der Waals surface area contributed by atoms with Gasteiger partial charge in [0.05, 0.1) is 0 Å². The van der Waals surface area contributed by atoms with E-state index in [0.717, 1.165) is 17.0 Å². The Balaban J connectivity index is 1.91. The molecule has 0 spiro atoms. The zero-order valence-electron chi connectivity index (χ0n) is 11.2. The molecule has 19 heavy (non-hydrogen) atoms. The van der Waals surface area contributed by atoms with Gasteiger partial charge < -0.3 is 4.90 Å². The Kier molecular flexibility index (Phi) is 4.24. The Labute approximate surface area is 125 Å². The average molecular weight is 298 g/mol. The summed E-state index contributed by atoms with van der Waals surface area (Å²) in [6, 6.07) is 6.91. The molecule has 2 fully saturated rings.